The number of carbonyl (C=O) groups is 1. The maximum atomic E-state index is 12.1. The van der Waals surface area contributed by atoms with Crippen LogP contribution in [0.25, 0.3) is 0 Å². The maximum Gasteiger partial charge on any atom is 0.387 e. The summed E-state index contributed by atoms with van der Waals surface area (Å²) in [7, 11) is 0. The zero-order chi connectivity index (χ0) is 14.5. The molecule has 1 aliphatic rings. The molecule has 0 spiro atoms. The molecule has 1 heterocycles. The number of carboxylic acid groups (broad SMARTS) is 1. The van der Waals surface area contributed by atoms with E-state index in [9.17, 15) is 13.6 Å². The van der Waals surface area contributed by atoms with Crippen molar-refractivity contribution < 1.29 is 23.4 Å². The molecule has 110 valence electrons. The number of benzene rings is 1. The van der Waals surface area contributed by atoms with Crippen molar-refractivity contribution in [2.75, 3.05) is 13.1 Å². The molecule has 0 radical (unpaired) electrons. The first-order valence-corrected chi connectivity index (χ1v) is 6.57. The van der Waals surface area contributed by atoms with E-state index in [4.69, 9.17) is 5.11 Å². The number of alkyl halides is 2. The Kier molecular flexibility index (Phi) is 4.89. The second kappa shape index (κ2) is 6.65. The van der Waals surface area contributed by atoms with Crippen molar-refractivity contribution in [3.63, 3.8) is 0 Å². The van der Waals surface area contributed by atoms with Crippen LogP contribution in [-0.2, 0) is 4.79 Å². The molecule has 4 nitrogen and oxygen atoms in total. The van der Waals surface area contributed by atoms with Gasteiger partial charge in [-0.3, -0.25) is 9.69 Å². The summed E-state index contributed by atoms with van der Waals surface area (Å²) in [6.07, 6.45) is 2.13. The molecule has 0 aromatic heterocycles. The Morgan fingerprint density at radius 2 is 1.85 bits per heavy atom. The van der Waals surface area contributed by atoms with Crippen LogP contribution in [0, 0.1) is 0 Å². The lowest BCUT2D eigenvalue weighted by atomic mass is 10.0. The maximum absolute atomic E-state index is 12.1. The third kappa shape index (κ3) is 3.90. The molecule has 20 heavy (non-hydrogen) atoms. The van der Waals surface area contributed by atoms with Crippen LogP contribution < -0.4 is 4.74 Å². The Bertz CT molecular complexity index is 444. The van der Waals surface area contributed by atoms with E-state index in [0.717, 1.165) is 31.5 Å². The van der Waals surface area contributed by atoms with Crippen molar-refractivity contribution in [1.82, 2.24) is 4.90 Å². The second-order valence-electron chi connectivity index (χ2n) is 4.80. The van der Waals surface area contributed by atoms with Gasteiger partial charge in [-0.1, -0.05) is 12.1 Å². The third-order valence-corrected chi connectivity index (χ3v) is 3.44. The van der Waals surface area contributed by atoms with Crippen LogP contribution in [0.1, 0.15) is 30.9 Å². The summed E-state index contributed by atoms with van der Waals surface area (Å²) in [5.41, 5.74) is 0.816. The Balaban J connectivity index is 2.13. The van der Waals surface area contributed by atoms with E-state index in [-0.39, 0.29) is 18.2 Å². The van der Waals surface area contributed by atoms with Gasteiger partial charge in [0.15, 0.2) is 0 Å². The van der Waals surface area contributed by atoms with Crippen molar-refractivity contribution in [1.29, 1.82) is 0 Å². The minimum absolute atomic E-state index is 0.00898. The number of ether oxygens (including phenoxy) is 1. The summed E-state index contributed by atoms with van der Waals surface area (Å²) in [4.78, 5) is 13.1. The molecule has 0 bridgehead atoms. The number of nitrogens with zero attached hydrogens (tertiary/aromatic N) is 1. The molecule has 1 fully saturated rings. The first kappa shape index (κ1) is 14.7. The standard InChI is InChI=1S/C14H17F2NO3/c15-14(16)20-11-5-3-10(4-6-11)12(9-13(18)19)17-7-1-2-8-17/h3-6,12,14H,1-2,7-9H2,(H,18,19). The largest absolute Gasteiger partial charge is 0.481 e. The number of halogens is 2. The SMILES string of the molecule is O=C(O)CC(c1ccc(OC(F)F)cc1)N1CCCC1. The predicted octanol–water partition coefficient (Wildman–Crippen LogP) is 2.90. The minimum Gasteiger partial charge on any atom is -0.481 e. The van der Waals surface area contributed by atoms with E-state index in [2.05, 4.69) is 9.64 Å². The van der Waals surface area contributed by atoms with Gasteiger partial charge in [-0.15, -0.1) is 0 Å². The lowest BCUT2D eigenvalue weighted by molar-refractivity contribution is -0.138. The fraction of sp³-hybridized carbons (Fsp3) is 0.500. The highest BCUT2D eigenvalue weighted by molar-refractivity contribution is 5.68. The van der Waals surface area contributed by atoms with Crippen LogP contribution in [-0.4, -0.2) is 35.7 Å². The van der Waals surface area contributed by atoms with Crippen LogP contribution in [0.15, 0.2) is 24.3 Å². The summed E-state index contributed by atoms with van der Waals surface area (Å²) in [6.45, 7) is -1.12. The monoisotopic (exact) mass is 285 g/mol. The molecule has 1 atom stereocenters. The van der Waals surface area contributed by atoms with Crippen molar-refractivity contribution in [2.24, 2.45) is 0 Å². The molecule has 1 saturated heterocycles. The van der Waals surface area contributed by atoms with Gasteiger partial charge in [0.25, 0.3) is 0 Å². The summed E-state index contributed by atoms with van der Waals surface area (Å²) in [5.74, 6) is -0.783. The van der Waals surface area contributed by atoms with Gasteiger partial charge >= 0.3 is 12.6 Å². The van der Waals surface area contributed by atoms with E-state index in [1.807, 2.05) is 0 Å². The lowest BCUT2D eigenvalue weighted by Gasteiger charge is -2.26. The molecule has 1 aliphatic heterocycles. The number of carboxylic acids is 1. The average molecular weight is 285 g/mol. The lowest BCUT2D eigenvalue weighted by Crippen LogP contribution is -2.27. The van der Waals surface area contributed by atoms with Gasteiger partial charge in [0.2, 0.25) is 0 Å². The van der Waals surface area contributed by atoms with Gasteiger partial charge in [0.05, 0.1) is 6.42 Å². The summed E-state index contributed by atoms with van der Waals surface area (Å²) < 4.78 is 28.5. The average Bonchev–Trinajstić information content (AvgIpc) is 2.90. The summed E-state index contributed by atoms with van der Waals surface area (Å²) in [5, 5.41) is 9.03. The predicted molar refractivity (Wildman–Crippen MR) is 68.9 cm³/mol. The minimum atomic E-state index is -2.85. The molecule has 1 aromatic carbocycles. The van der Waals surface area contributed by atoms with Crippen LogP contribution in [0.4, 0.5) is 8.78 Å². The van der Waals surface area contributed by atoms with E-state index >= 15 is 0 Å². The van der Waals surface area contributed by atoms with Gasteiger partial charge in [-0.2, -0.15) is 8.78 Å². The number of hydrogen-bond acceptors (Lipinski definition) is 3. The fourth-order valence-electron chi connectivity index (χ4n) is 2.55. The topological polar surface area (TPSA) is 49.8 Å². The van der Waals surface area contributed by atoms with Gasteiger partial charge in [-0.25, -0.2) is 0 Å². The van der Waals surface area contributed by atoms with Crippen molar-refractivity contribution >= 4 is 5.97 Å². The first-order valence-electron chi connectivity index (χ1n) is 6.57. The number of rotatable bonds is 6. The zero-order valence-corrected chi connectivity index (χ0v) is 11.0. The van der Waals surface area contributed by atoms with Gasteiger partial charge < -0.3 is 9.84 Å². The molecule has 1 unspecified atom stereocenters. The van der Waals surface area contributed by atoms with Crippen LogP contribution in [0.3, 0.4) is 0 Å². The van der Waals surface area contributed by atoms with Crippen LogP contribution >= 0.6 is 0 Å². The summed E-state index contributed by atoms with van der Waals surface area (Å²) >= 11 is 0. The number of likely N-dealkylation sites (tertiary alicyclic amines) is 1. The molecule has 2 rings (SSSR count). The highest BCUT2D eigenvalue weighted by Gasteiger charge is 2.25. The highest BCUT2D eigenvalue weighted by atomic mass is 19.3. The van der Waals surface area contributed by atoms with Crippen molar-refractivity contribution in [3.05, 3.63) is 29.8 Å². The van der Waals surface area contributed by atoms with Crippen LogP contribution in [0.5, 0.6) is 5.75 Å². The highest BCUT2D eigenvalue weighted by Crippen LogP contribution is 2.29. The Morgan fingerprint density at radius 1 is 1.25 bits per heavy atom. The molecule has 1 N–H and O–H groups in total. The molecule has 1 aromatic rings. The smallest absolute Gasteiger partial charge is 0.387 e. The summed E-state index contributed by atoms with van der Waals surface area (Å²) in [6, 6.07) is 6.00. The molecule has 6 heteroatoms. The van der Waals surface area contributed by atoms with E-state index in [0.29, 0.717) is 0 Å². The second-order valence-corrected chi connectivity index (χ2v) is 4.80. The molecule has 0 aliphatic carbocycles. The molecular weight excluding hydrogens is 268 g/mol. The number of aliphatic carboxylic acids is 1. The molecule has 0 saturated carbocycles. The van der Waals surface area contributed by atoms with E-state index < -0.39 is 12.6 Å². The zero-order valence-electron chi connectivity index (χ0n) is 11.0. The van der Waals surface area contributed by atoms with Gasteiger partial charge in [-0.05, 0) is 43.6 Å². The molecule has 0 amide bonds. The van der Waals surface area contributed by atoms with Crippen LogP contribution in [0.2, 0.25) is 0 Å². The van der Waals surface area contributed by atoms with E-state index in [1.165, 1.54) is 12.1 Å². The Hall–Kier alpha value is -1.69. The van der Waals surface area contributed by atoms with Gasteiger partial charge in [0, 0.05) is 6.04 Å². The first-order chi connectivity index (χ1) is 9.56. The van der Waals surface area contributed by atoms with Crippen molar-refractivity contribution in [3.8, 4) is 5.75 Å². The quantitative estimate of drug-likeness (QED) is 0.873. The van der Waals surface area contributed by atoms with E-state index in [1.54, 1.807) is 12.1 Å². The van der Waals surface area contributed by atoms with Crippen molar-refractivity contribution in [2.45, 2.75) is 31.9 Å². The third-order valence-electron chi connectivity index (χ3n) is 3.44. The molecular formula is C14H17F2NO3. The Labute approximate surface area is 116 Å². The number of hydrogen-bond donors (Lipinski definition) is 1. The van der Waals surface area contributed by atoms with Gasteiger partial charge in [0.1, 0.15) is 5.75 Å². The normalized spacial score (nSPS) is 17.4. The fourth-order valence-corrected chi connectivity index (χ4v) is 2.55. The Morgan fingerprint density at radius 3 is 2.35 bits per heavy atom.